The maximum atomic E-state index is 13.0. The Bertz CT molecular complexity index is 971. The van der Waals surface area contributed by atoms with Crippen LogP contribution in [0.15, 0.2) is 48.7 Å². The number of anilines is 1. The number of pyridine rings is 1. The van der Waals surface area contributed by atoms with Crippen molar-refractivity contribution in [1.29, 1.82) is 0 Å². The normalized spacial score (nSPS) is 16.6. The topological polar surface area (TPSA) is 83.1 Å². The van der Waals surface area contributed by atoms with E-state index in [1.807, 2.05) is 19.1 Å². The maximum absolute atomic E-state index is 13.0. The number of benzene rings is 1. The van der Waals surface area contributed by atoms with Gasteiger partial charge < -0.3 is 15.0 Å². The Balaban J connectivity index is 1.34. The summed E-state index contributed by atoms with van der Waals surface area (Å²) in [5.41, 5.74) is 2.57. The number of carbonyl (C=O) groups is 1. The fourth-order valence-corrected chi connectivity index (χ4v) is 3.22. The first kappa shape index (κ1) is 19.1. The van der Waals surface area contributed by atoms with Crippen molar-refractivity contribution in [2.45, 2.75) is 19.6 Å². The summed E-state index contributed by atoms with van der Waals surface area (Å²) in [6.45, 7) is 4.75. The third kappa shape index (κ3) is 4.60. The van der Waals surface area contributed by atoms with E-state index in [9.17, 15) is 9.18 Å². The zero-order valence-electron chi connectivity index (χ0n) is 16.1. The lowest BCUT2D eigenvalue weighted by molar-refractivity contribution is 0.0529. The highest BCUT2D eigenvalue weighted by atomic mass is 19.1. The van der Waals surface area contributed by atoms with E-state index in [0.29, 0.717) is 24.5 Å². The Morgan fingerprint density at radius 3 is 2.86 bits per heavy atom. The first-order valence-corrected chi connectivity index (χ1v) is 9.49. The SMILES string of the molecule is CC1CN(c2ccc(CNC(=O)c3cc(-c4ccc(F)cc4)n[nH]3)cn2)CCO1. The van der Waals surface area contributed by atoms with Crippen LogP contribution in [0.4, 0.5) is 10.2 Å². The molecular weight excluding hydrogens is 373 g/mol. The van der Waals surface area contributed by atoms with Gasteiger partial charge in [0.25, 0.3) is 5.91 Å². The van der Waals surface area contributed by atoms with E-state index in [4.69, 9.17) is 4.74 Å². The summed E-state index contributed by atoms with van der Waals surface area (Å²) in [6.07, 6.45) is 1.96. The number of halogens is 1. The summed E-state index contributed by atoms with van der Waals surface area (Å²) in [4.78, 5) is 19.1. The van der Waals surface area contributed by atoms with E-state index in [1.54, 1.807) is 24.4 Å². The minimum atomic E-state index is -0.315. The highest BCUT2D eigenvalue weighted by Gasteiger charge is 2.18. The van der Waals surface area contributed by atoms with Gasteiger partial charge in [-0.25, -0.2) is 9.37 Å². The first-order chi connectivity index (χ1) is 14.1. The van der Waals surface area contributed by atoms with Gasteiger partial charge in [-0.15, -0.1) is 0 Å². The van der Waals surface area contributed by atoms with Crippen molar-refractivity contribution in [2.24, 2.45) is 0 Å². The molecule has 0 bridgehead atoms. The molecule has 2 N–H and O–H groups in total. The molecule has 4 rings (SSSR count). The fourth-order valence-electron chi connectivity index (χ4n) is 3.22. The van der Waals surface area contributed by atoms with Gasteiger partial charge in [0.1, 0.15) is 17.3 Å². The van der Waals surface area contributed by atoms with Gasteiger partial charge in [0, 0.05) is 31.4 Å². The third-order valence-corrected chi connectivity index (χ3v) is 4.79. The minimum absolute atomic E-state index is 0.193. The molecule has 0 radical (unpaired) electrons. The molecule has 0 saturated carbocycles. The Labute approximate surface area is 167 Å². The summed E-state index contributed by atoms with van der Waals surface area (Å²) in [7, 11) is 0. The molecule has 1 amide bonds. The van der Waals surface area contributed by atoms with Crippen LogP contribution < -0.4 is 10.2 Å². The van der Waals surface area contributed by atoms with Gasteiger partial charge in [0.15, 0.2) is 0 Å². The molecule has 2 aromatic heterocycles. The smallest absolute Gasteiger partial charge is 0.269 e. The van der Waals surface area contributed by atoms with Crippen LogP contribution in [0.2, 0.25) is 0 Å². The second-order valence-electron chi connectivity index (χ2n) is 7.01. The molecule has 1 aliphatic rings. The minimum Gasteiger partial charge on any atom is -0.375 e. The maximum Gasteiger partial charge on any atom is 0.269 e. The average Bonchev–Trinajstić information content (AvgIpc) is 3.23. The predicted molar refractivity (Wildman–Crippen MR) is 107 cm³/mol. The molecule has 1 saturated heterocycles. The second kappa shape index (κ2) is 8.40. The number of aromatic amines is 1. The van der Waals surface area contributed by atoms with E-state index < -0.39 is 0 Å². The van der Waals surface area contributed by atoms with Crippen molar-refractivity contribution < 1.29 is 13.9 Å². The molecule has 1 atom stereocenters. The highest BCUT2D eigenvalue weighted by molar-refractivity contribution is 5.93. The van der Waals surface area contributed by atoms with Gasteiger partial charge in [-0.3, -0.25) is 9.89 Å². The van der Waals surface area contributed by atoms with Crippen molar-refractivity contribution in [3.8, 4) is 11.3 Å². The standard InChI is InChI=1S/C21H22FN5O2/c1-14-13-27(8-9-29-14)20-7-2-15(11-23-20)12-24-21(28)19-10-18(25-26-19)16-3-5-17(22)6-4-16/h2-7,10-11,14H,8-9,12-13H2,1H3,(H,24,28)(H,25,26). The summed E-state index contributed by atoms with van der Waals surface area (Å²) in [5, 5.41) is 9.70. The second-order valence-corrected chi connectivity index (χ2v) is 7.01. The lowest BCUT2D eigenvalue weighted by Gasteiger charge is -2.32. The Morgan fingerprint density at radius 1 is 1.31 bits per heavy atom. The van der Waals surface area contributed by atoms with Crippen molar-refractivity contribution in [3.63, 3.8) is 0 Å². The summed E-state index contributed by atoms with van der Waals surface area (Å²) >= 11 is 0. The molecule has 0 spiro atoms. The summed E-state index contributed by atoms with van der Waals surface area (Å²) < 4.78 is 18.6. The highest BCUT2D eigenvalue weighted by Crippen LogP contribution is 2.18. The molecule has 7 nitrogen and oxygen atoms in total. The van der Waals surface area contributed by atoms with E-state index in [-0.39, 0.29) is 17.8 Å². The van der Waals surface area contributed by atoms with Crippen molar-refractivity contribution in [1.82, 2.24) is 20.5 Å². The molecule has 1 aromatic carbocycles. The number of H-pyrrole nitrogens is 1. The zero-order chi connectivity index (χ0) is 20.2. The van der Waals surface area contributed by atoms with Gasteiger partial charge in [0.05, 0.1) is 18.4 Å². The summed E-state index contributed by atoms with van der Waals surface area (Å²) in [5.74, 6) is 0.328. The molecule has 150 valence electrons. The number of rotatable bonds is 5. The average molecular weight is 395 g/mol. The molecule has 1 unspecified atom stereocenters. The quantitative estimate of drug-likeness (QED) is 0.694. The molecule has 8 heteroatoms. The number of nitrogens with one attached hydrogen (secondary N) is 2. The van der Waals surface area contributed by atoms with E-state index in [1.165, 1.54) is 12.1 Å². The molecule has 1 fully saturated rings. The van der Waals surface area contributed by atoms with Crippen LogP contribution in [0.3, 0.4) is 0 Å². The molecular formula is C21H22FN5O2. The lowest BCUT2D eigenvalue weighted by atomic mass is 10.1. The number of aromatic nitrogens is 3. The van der Waals surface area contributed by atoms with Crippen LogP contribution in [-0.4, -0.2) is 46.9 Å². The Kier molecular flexibility index (Phi) is 5.53. The van der Waals surface area contributed by atoms with Crippen LogP contribution in [0.25, 0.3) is 11.3 Å². The van der Waals surface area contributed by atoms with Gasteiger partial charge in [-0.05, 0) is 48.9 Å². The Morgan fingerprint density at radius 2 is 2.14 bits per heavy atom. The fraction of sp³-hybridized carbons (Fsp3) is 0.286. The van der Waals surface area contributed by atoms with Crippen LogP contribution in [0.5, 0.6) is 0 Å². The zero-order valence-corrected chi connectivity index (χ0v) is 16.1. The van der Waals surface area contributed by atoms with E-state index in [2.05, 4.69) is 25.4 Å². The lowest BCUT2D eigenvalue weighted by Crippen LogP contribution is -2.41. The van der Waals surface area contributed by atoms with Gasteiger partial charge in [-0.1, -0.05) is 6.07 Å². The third-order valence-electron chi connectivity index (χ3n) is 4.79. The number of ether oxygens (including phenoxy) is 1. The molecule has 0 aliphatic carbocycles. The van der Waals surface area contributed by atoms with Gasteiger partial charge >= 0.3 is 0 Å². The first-order valence-electron chi connectivity index (χ1n) is 9.49. The van der Waals surface area contributed by atoms with Crippen molar-refractivity contribution in [3.05, 3.63) is 65.7 Å². The largest absolute Gasteiger partial charge is 0.375 e. The molecule has 1 aliphatic heterocycles. The van der Waals surface area contributed by atoms with E-state index in [0.717, 1.165) is 30.0 Å². The number of carbonyl (C=O) groups excluding carboxylic acids is 1. The number of hydrogen-bond acceptors (Lipinski definition) is 5. The summed E-state index contributed by atoms with van der Waals surface area (Å²) in [6, 6.07) is 11.5. The number of morpholine rings is 1. The molecule has 3 aromatic rings. The van der Waals surface area contributed by atoms with Crippen molar-refractivity contribution >= 4 is 11.7 Å². The van der Waals surface area contributed by atoms with Gasteiger partial charge in [-0.2, -0.15) is 5.10 Å². The number of hydrogen-bond donors (Lipinski definition) is 2. The molecule has 29 heavy (non-hydrogen) atoms. The predicted octanol–water partition coefficient (Wildman–Crippen LogP) is 2.77. The van der Waals surface area contributed by atoms with Crippen LogP contribution >= 0.6 is 0 Å². The monoisotopic (exact) mass is 395 g/mol. The number of nitrogens with zero attached hydrogens (tertiary/aromatic N) is 3. The van der Waals surface area contributed by atoms with Crippen molar-refractivity contribution in [2.75, 3.05) is 24.6 Å². The molecule has 3 heterocycles. The van der Waals surface area contributed by atoms with Crippen LogP contribution in [0, 0.1) is 5.82 Å². The van der Waals surface area contributed by atoms with Crippen LogP contribution in [-0.2, 0) is 11.3 Å². The van der Waals surface area contributed by atoms with Gasteiger partial charge in [0.2, 0.25) is 0 Å². The van der Waals surface area contributed by atoms with Crippen LogP contribution in [0.1, 0.15) is 23.0 Å². The van der Waals surface area contributed by atoms with E-state index >= 15 is 0 Å². The number of amides is 1. The Hall–Kier alpha value is -3.26.